The van der Waals surface area contributed by atoms with Crippen LogP contribution in [0.2, 0.25) is 0 Å². The first-order valence-electron chi connectivity index (χ1n) is 18.1. The number of ether oxygens (including phenoxy) is 4. The number of rotatable bonds is 12. The highest BCUT2D eigenvalue weighted by Gasteiger charge is 2.36. The van der Waals surface area contributed by atoms with E-state index in [1.54, 1.807) is 48.5 Å². The smallest absolute Gasteiger partial charge is 0.336 e. The van der Waals surface area contributed by atoms with Crippen LogP contribution in [-0.4, -0.2) is 26.4 Å². The Morgan fingerprint density at radius 1 is 0.368 bits per heavy atom. The monoisotopic (exact) mass is 768 g/mol. The van der Waals surface area contributed by atoms with Crippen molar-refractivity contribution in [2.75, 3.05) is 26.4 Å². The molecule has 8 rings (SSSR count). The summed E-state index contributed by atoms with van der Waals surface area (Å²) in [5.74, 6) is 1.65. The molecular weight excluding hydrogens is 732 g/mol. The first-order chi connectivity index (χ1) is 27.4. The van der Waals surface area contributed by atoms with E-state index >= 15 is 0 Å². The molecule has 0 radical (unpaired) electrons. The van der Waals surface area contributed by atoms with E-state index in [0.29, 0.717) is 45.3 Å². The van der Waals surface area contributed by atoms with Gasteiger partial charge in [0, 0.05) is 70.1 Å². The van der Waals surface area contributed by atoms with Crippen LogP contribution >= 0.6 is 0 Å². The zero-order valence-corrected chi connectivity index (χ0v) is 31.5. The van der Waals surface area contributed by atoms with Crippen LogP contribution < -0.4 is 41.4 Å². The van der Waals surface area contributed by atoms with Crippen molar-refractivity contribution in [3.05, 3.63) is 161 Å². The number of aryl methyl sites for hydroxylation is 4. The van der Waals surface area contributed by atoms with Crippen LogP contribution in [0, 0.1) is 33.1 Å². The fourth-order valence-electron chi connectivity index (χ4n) is 6.78. The summed E-state index contributed by atoms with van der Waals surface area (Å²) in [5, 5.41) is 3.05. The quantitative estimate of drug-likeness (QED) is 0.111. The number of hydrogen-bond acceptors (Lipinski definition) is 12. The van der Waals surface area contributed by atoms with Crippen LogP contribution in [0.1, 0.15) is 22.3 Å². The highest BCUT2D eigenvalue weighted by Crippen LogP contribution is 2.31. The van der Waals surface area contributed by atoms with Crippen molar-refractivity contribution in [2.24, 2.45) is 5.41 Å². The van der Waals surface area contributed by atoms with Gasteiger partial charge < -0.3 is 36.6 Å². The predicted molar refractivity (Wildman–Crippen MR) is 213 cm³/mol. The molecular formula is C45H36O12. The minimum atomic E-state index is -1.10. The Kier molecular flexibility index (Phi) is 9.62. The molecule has 12 heteroatoms. The molecule has 0 bridgehead atoms. The van der Waals surface area contributed by atoms with E-state index in [1.807, 2.05) is 52.0 Å². The predicted octanol–water partition coefficient (Wildman–Crippen LogP) is 7.95. The van der Waals surface area contributed by atoms with E-state index in [1.165, 1.54) is 24.3 Å². The van der Waals surface area contributed by atoms with Crippen molar-refractivity contribution in [1.29, 1.82) is 0 Å². The van der Waals surface area contributed by atoms with Crippen LogP contribution in [0.4, 0.5) is 0 Å². The van der Waals surface area contributed by atoms with E-state index in [4.69, 9.17) is 36.6 Å². The topological polar surface area (TPSA) is 158 Å². The molecule has 0 aliphatic rings. The molecule has 4 heterocycles. The van der Waals surface area contributed by atoms with Crippen molar-refractivity contribution in [1.82, 2.24) is 0 Å². The lowest BCUT2D eigenvalue weighted by Gasteiger charge is -2.33. The molecule has 0 unspecified atom stereocenters. The van der Waals surface area contributed by atoms with Crippen molar-refractivity contribution in [2.45, 2.75) is 27.7 Å². The summed E-state index contributed by atoms with van der Waals surface area (Å²) in [6, 6.07) is 26.7. The van der Waals surface area contributed by atoms with Crippen molar-refractivity contribution in [3.8, 4) is 23.0 Å². The summed E-state index contributed by atoms with van der Waals surface area (Å²) in [6.07, 6.45) is 0. The standard InChI is InChI=1S/C45H36O12/c1-25-13-41(46)54-37-17-29(5-9-33(25)37)50-21-45(22-51-30-6-10-34-26(2)14-42(47)55-38(34)18-30,23-52-31-7-11-35-27(3)15-43(48)56-39(35)19-31)24-53-32-8-12-36-28(4)16-44(49)57-40(36)20-32/h5-20H,21-24H2,1-4H3. The fraction of sp³-hybridized carbons (Fsp3) is 0.200. The van der Waals surface area contributed by atoms with Gasteiger partial charge in [-0.15, -0.1) is 0 Å². The first-order valence-corrected chi connectivity index (χ1v) is 18.1. The molecule has 0 atom stereocenters. The number of fused-ring (bicyclic) bond motifs is 4. The largest absolute Gasteiger partial charge is 0.492 e. The van der Waals surface area contributed by atoms with Crippen LogP contribution in [0.3, 0.4) is 0 Å². The van der Waals surface area contributed by atoms with Crippen molar-refractivity contribution >= 4 is 43.9 Å². The second-order valence-corrected chi connectivity index (χ2v) is 14.3. The molecule has 0 aliphatic heterocycles. The summed E-state index contributed by atoms with van der Waals surface area (Å²) in [7, 11) is 0. The van der Waals surface area contributed by atoms with E-state index < -0.39 is 27.9 Å². The van der Waals surface area contributed by atoms with Gasteiger partial charge in [-0.3, -0.25) is 0 Å². The third-order valence-corrected chi connectivity index (χ3v) is 9.87. The zero-order valence-electron chi connectivity index (χ0n) is 31.5. The third kappa shape index (κ3) is 7.88. The lowest BCUT2D eigenvalue weighted by Crippen LogP contribution is -2.45. The van der Waals surface area contributed by atoms with E-state index in [0.717, 1.165) is 43.8 Å². The second-order valence-electron chi connectivity index (χ2n) is 14.3. The Morgan fingerprint density at radius 3 is 0.825 bits per heavy atom. The summed E-state index contributed by atoms with van der Waals surface area (Å²) in [5.41, 5.74) is 1.48. The van der Waals surface area contributed by atoms with Gasteiger partial charge in [-0.1, -0.05) is 0 Å². The van der Waals surface area contributed by atoms with Crippen LogP contribution in [0.25, 0.3) is 43.9 Å². The first kappa shape index (κ1) is 36.9. The molecule has 0 aliphatic carbocycles. The zero-order chi connectivity index (χ0) is 39.8. The molecule has 0 saturated carbocycles. The highest BCUT2D eigenvalue weighted by atomic mass is 16.5. The minimum Gasteiger partial charge on any atom is -0.492 e. The molecule has 0 saturated heterocycles. The Bertz CT molecular complexity index is 2660. The van der Waals surface area contributed by atoms with E-state index in [9.17, 15) is 19.2 Å². The highest BCUT2D eigenvalue weighted by molar-refractivity contribution is 5.83. The Morgan fingerprint density at radius 2 is 0.596 bits per heavy atom. The molecule has 4 aromatic heterocycles. The Hall–Kier alpha value is -7.08. The van der Waals surface area contributed by atoms with Gasteiger partial charge in [-0.25, -0.2) is 19.2 Å². The molecule has 12 nitrogen and oxygen atoms in total. The van der Waals surface area contributed by atoms with Crippen molar-refractivity contribution in [3.63, 3.8) is 0 Å². The third-order valence-electron chi connectivity index (χ3n) is 9.87. The van der Waals surface area contributed by atoms with Gasteiger partial charge in [-0.05, 0) is 98.5 Å². The lowest BCUT2D eigenvalue weighted by atomic mass is 9.92. The maximum absolute atomic E-state index is 12.2. The molecule has 8 aromatic rings. The van der Waals surface area contributed by atoms with Crippen LogP contribution in [-0.2, 0) is 0 Å². The van der Waals surface area contributed by atoms with E-state index in [2.05, 4.69) is 0 Å². The van der Waals surface area contributed by atoms with Gasteiger partial charge in [-0.2, -0.15) is 0 Å². The van der Waals surface area contributed by atoms with Gasteiger partial charge in [0.1, 0.15) is 77.2 Å². The van der Waals surface area contributed by atoms with Gasteiger partial charge >= 0.3 is 22.5 Å². The minimum absolute atomic E-state index is 0.0418. The maximum Gasteiger partial charge on any atom is 0.336 e. The Labute approximate surface area is 323 Å². The average molecular weight is 769 g/mol. The Balaban J connectivity index is 1.18. The van der Waals surface area contributed by atoms with Gasteiger partial charge in [0.15, 0.2) is 0 Å². The summed E-state index contributed by atoms with van der Waals surface area (Å²) in [4.78, 5) is 48.9. The molecule has 0 fully saturated rings. The van der Waals surface area contributed by atoms with Gasteiger partial charge in [0.25, 0.3) is 0 Å². The second kappa shape index (κ2) is 14.9. The molecule has 4 aromatic carbocycles. The van der Waals surface area contributed by atoms with Gasteiger partial charge in [0.2, 0.25) is 0 Å². The molecule has 57 heavy (non-hydrogen) atoms. The normalized spacial score (nSPS) is 11.7. The molecule has 288 valence electrons. The molecule has 0 amide bonds. The maximum atomic E-state index is 12.2. The SMILES string of the molecule is Cc1cc(=O)oc2cc(OCC(COc3ccc4c(C)cc(=O)oc4c3)(COc3ccc4c(C)cc(=O)oc4c3)COc3ccc4c(C)cc(=O)oc4c3)ccc12. The van der Waals surface area contributed by atoms with Gasteiger partial charge in [0.05, 0.1) is 0 Å². The molecule has 0 N–H and O–H groups in total. The van der Waals surface area contributed by atoms with Crippen molar-refractivity contribution < 1.29 is 36.6 Å². The van der Waals surface area contributed by atoms with Crippen LogP contribution in [0.15, 0.2) is 134 Å². The average Bonchev–Trinajstić information content (AvgIpc) is 3.16. The lowest BCUT2D eigenvalue weighted by molar-refractivity contribution is -0.00344. The number of hydrogen-bond donors (Lipinski definition) is 0. The molecule has 0 spiro atoms. The summed E-state index contributed by atoms with van der Waals surface area (Å²) < 4.78 is 47.7. The summed E-state index contributed by atoms with van der Waals surface area (Å²) >= 11 is 0. The van der Waals surface area contributed by atoms with E-state index in [-0.39, 0.29) is 26.4 Å². The number of benzene rings is 4. The summed E-state index contributed by atoms with van der Waals surface area (Å²) in [6.45, 7) is 7.14. The van der Waals surface area contributed by atoms with Crippen LogP contribution in [0.5, 0.6) is 23.0 Å². The fourth-order valence-corrected chi connectivity index (χ4v) is 6.78.